The van der Waals surface area contributed by atoms with Crippen LogP contribution in [0.4, 0.5) is 14.9 Å². The molecule has 0 saturated carbocycles. The van der Waals surface area contributed by atoms with Crippen LogP contribution in [0.3, 0.4) is 0 Å². The van der Waals surface area contributed by atoms with Crippen molar-refractivity contribution in [2.24, 2.45) is 17.4 Å². The number of primary amides is 1. The van der Waals surface area contributed by atoms with Crippen molar-refractivity contribution in [1.82, 2.24) is 35.5 Å². The van der Waals surface area contributed by atoms with Gasteiger partial charge in [-0.05, 0) is 121 Å². The number of hydrogen-bond donors (Lipinski definition) is 5. The van der Waals surface area contributed by atoms with Gasteiger partial charge in [-0.15, -0.1) is 11.3 Å². The number of nitrogens with one attached hydrogen (secondary N) is 3. The first-order valence-corrected chi connectivity index (χ1v) is 40.7. The monoisotopic (exact) mass is 1660 g/mol. The van der Waals surface area contributed by atoms with Crippen LogP contribution in [0.15, 0.2) is 122 Å². The second-order valence-corrected chi connectivity index (χ2v) is 29.8. The lowest BCUT2D eigenvalue weighted by Gasteiger charge is -2.42. The molecule has 29 nitrogen and oxygen atoms in total. The summed E-state index contributed by atoms with van der Waals surface area (Å²) in [5.74, 6) is -1.03. The molecule has 1 fully saturated rings. The topological polar surface area (TPSA) is 354 Å². The molecule has 0 aliphatic carbocycles. The maximum absolute atomic E-state index is 14.6. The smallest absolute Gasteiger partial charge is 0.312 e. The number of halogens is 2. The highest BCUT2D eigenvalue weighted by Gasteiger charge is 2.32. The molecule has 5 aromatic carbocycles. The quantitative estimate of drug-likeness (QED) is 0.0175. The van der Waals surface area contributed by atoms with Gasteiger partial charge < -0.3 is 103 Å². The average Bonchev–Trinajstić information content (AvgIpc) is 1.60. The van der Waals surface area contributed by atoms with Gasteiger partial charge in [0.15, 0.2) is 5.82 Å². The standard InChI is InChI=1S/C85H111ClFN11O18S/c1-58(2)77(88)81(100)96-69(16-11-28-91-85(89)103)80(99)95-65-24-21-63(61(53-65)14-12-35-106-39-40-108-43-44-110-47-48-112-51-52-113-50-49-111-46-45-109-42-41-107-38-37-104-5)55-98(4)33-30-97(31-34-98)32-36-114-72-26-25-67(59(3)76(72)86)74-75-82(92-57-93-83(75)117-78(74)60-19-22-64(87)23-20-60)116-73(84(101)102)54-62-13-7-9-17-70(62)115-56-66-27-29-90-79(94-66)68-15-8-10-18-71(68)105-6/h7-10,13,15,17-27,29,53,57-58,69,73,77H,11-12,14,16,28,30-52,54-56,88H2,1-6H3,(H5-,89,91,95,96,99,100,101,102,103)/t69-,73+,77-/m0/s1. The van der Waals surface area contributed by atoms with Gasteiger partial charge in [-0.3, -0.25) is 14.5 Å². The van der Waals surface area contributed by atoms with Crippen LogP contribution < -0.4 is 51.5 Å². The highest BCUT2D eigenvalue weighted by atomic mass is 35.5. The number of carboxylic acids is 1. The first-order valence-electron chi connectivity index (χ1n) is 39.5. The van der Waals surface area contributed by atoms with Crippen LogP contribution in [0.1, 0.15) is 61.1 Å². The Hall–Kier alpha value is -9.16. The van der Waals surface area contributed by atoms with E-state index in [0.717, 1.165) is 48.3 Å². The van der Waals surface area contributed by atoms with Crippen LogP contribution in [-0.4, -0.2) is 251 Å². The molecule has 7 N–H and O–H groups in total. The minimum Gasteiger partial charge on any atom is -0.546 e. The van der Waals surface area contributed by atoms with E-state index in [1.165, 1.54) is 29.8 Å². The van der Waals surface area contributed by atoms with Crippen LogP contribution in [0.2, 0.25) is 5.02 Å². The Bertz CT molecular complexity index is 4390. The molecule has 117 heavy (non-hydrogen) atoms. The Morgan fingerprint density at radius 3 is 1.92 bits per heavy atom. The molecule has 0 spiro atoms. The van der Waals surface area contributed by atoms with Crippen LogP contribution in [0, 0.1) is 18.7 Å². The summed E-state index contributed by atoms with van der Waals surface area (Å²) < 4.78 is 90.0. The van der Waals surface area contributed by atoms with E-state index in [4.69, 9.17) is 89.6 Å². The number of quaternary nitrogens is 1. The number of hydrogen-bond acceptors (Lipinski definition) is 25. The number of rotatable bonds is 55. The number of aromatic nitrogens is 4. The van der Waals surface area contributed by atoms with Gasteiger partial charge in [-0.2, -0.15) is 0 Å². The van der Waals surface area contributed by atoms with E-state index >= 15 is 0 Å². The number of carbonyl (C=O) groups is 4. The molecule has 0 bridgehead atoms. The summed E-state index contributed by atoms with van der Waals surface area (Å²) in [6, 6.07) is 29.5. The predicted octanol–water partition coefficient (Wildman–Crippen LogP) is 8.82. The lowest BCUT2D eigenvalue weighted by atomic mass is 9.96. The van der Waals surface area contributed by atoms with Gasteiger partial charge in [0.2, 0.25) is 17.7 Å². The maximum Gasteiger partial charge on any atom is 0.312 e. The second kappa shape index (κ2) is 49.3. The maximum atomic E-state index is 14.6. The number of likely N-dealkylation sites (N-methyl/N-ethyl adjacent to an activating group) is 1. The van der Waals surface area contributed by atoms with Crippen molar-refractivity contribution in [2.75, 3.05) is 185 Å². The first kappa shape index (κ1) is 91.7. The van der Waals surface area contributed by atoms with E-state index in [9.17, 15) is 28.7 Å². The third kappa shape index (κ3) is 29.7. The zero-order chi connectivity index (χ0) is 83.2. The van der Waals surface area contributed by atoms with Crippen molar-refractivity contribution >= 4 is 62.7 Å². The number of carbonyl (C=O) groups excluding carboxylic acids is 4. The molecule has 4 amide bonds. The number of ether oxygens (including phenoxy) is 13. The van der Waals surface area contributed by atoms with Crippen LogP contribution in [-0.2, 0) is 83.0 Å². The number of nitrogens with two attached hydrogens (primary N) is 2. The Kier molecular flexibility index (Phi) is 38.6. The lowest BCUT2D eigenvalue weighted by molar-refractivity contribution is -0.926. The fourth-order valence-electron chi connectivity index (χ4n) is 12.9. The van der Waals surface area contributed by atoms with Crippen molar-refractivity contribution in [3.63, 3.8) is 0 Å². The minimum absolute atomic E-state index is 0.0129. The van der Waals surface area contributed by atoms with E-state index in [-0.39, 0.29) is 37.8 Å². The number of benzene rings is 5. The van der Waals surface area contributed by atoms with Crippen molar-refractivity contribution in [3.8, 4) is 56.1 Å². The van der Waals surface area contributed by atoms with E-state index in [1.54, 1.807) is 62.9 Å². The van der Waals surface area contributed by atoms with E-state index in [0.29, 0.717) is 233 Å². The van der Waals surface area contributed by atoms with E-state index in [2.05, 4.69) is 48.9 Å². The number of para-hydroxylation sites is 2. The summed E-state index contributed by atoms with van der Waals surface area (Å²) >= 11 is 8.63. The van der Waals surface area contributed by atoms with E-state index in [1.807, 2.05) is 69.3 Å². The third-order valence-corrected chi connectivity index (χ3v) is 21.1. The van der Waals surface area contributed by atoms with Crippen molar-refractivity contribution in [3.05, 3.63) is 161 Å². The lowest BCUT2D eigenvalue weighted by Crippen LogP contribution is -2.57. The SMILES string of the molecule is COCCOCCOCCOCCOCCOCCOCCOCCOCCCc1cc(NC(=O)[C@H](CCCNC(N)=O)NC(=O)[C@@H](N)C(C)C)ccc1C[N+]1(C)CCN(CCOc2ccc(-c3c(-c4ccc(F)cc4)sc4ncnc(O[C@H](Cc5ccccc5OCc5ccnc(-c6ccccc6OC)n5)C(=O)[O-])c34)c(C)c2Cl)CC1. The fourth-order valence-corrected chi connectivity index (χ4v) is 14.3. The summed E-state index contributed by atoms with van der Waals surface area (Å²) in [5.41, 5.74) is 18.7. The molecular formula is C85H111ClFN11O18S. The normalized spacial score (nSPS) is 13.6. The number of thiophene rings is 1. The number of carboxylic acid groups (broad SMARTS) is 1. The number of piperazine rings is 1. The molecule has 634 valence electrons. The molecule has 3 aromatic heterocycles. The van der Waals surface area contributed by atoms with Gasteiger partial charge >= 0.3 is 6.03 Å². The van der Waals surface area contributed by atoms with E-state index < -0.39 is 47.8 Å². The Balaban J connectivity index is 0.785. The summed E-state index contributed by atoms with van der Waals surface area (Å²) in [7, 11) is 5.47. The second-order valence-electron chi connectivity index (χ2n) is 28.5. The molecular weight excluding hydrogens is 1550 g/mol. The Labute approximate surface area is 692 Å². The number of amides is 4. The average molecular weight is 1660 g/mol. The molecule has 3 atom stereocenters. The number of aliphatic carboxylic acids is 1. The minimum atomic E-state index is -1.56. The van der Waals surface area contributed by atoms with Gasteiger partial charge in [0, 0.05) is 74.2 Å². The first-order chi connectivity index (χ1) is 56.8. The summed E-state index contributed by atoms with van der Waals surface area (Å²) in [6.07, 6.45) is 3.15. The number of nitrogens with zero attached hydrogens (tertiary/aromatic N) is 6. The fraction of sp³-hybridized carbons (Fsp3) is 0.482. The van der Waals surface area contributed by atoms with Crippen molar-refractivity contribution < 1.29 is 94.7 Å². The third-order valence-electron chi connectivity index (χ3n) is 19.5. The van der Waals surface area contributed by atoms with Crippen LogP contribution in [0.25, 0.3) is 43.2 Å². The van der Waals surface area contributed by atoms with Crippen LogP contribution in [0.5, 0.6) is 23.1 Å². The molecule has 9 rings (SSSR count). The number of methoxy groups -OCH3 is 2. The van der Waals surface area contributed by atoms with Gasteiger partial charge in [0.1, 0.15) is 66.1 Å². The summed E-state index contributed by atoms with van der Waals surface area (Å²) in [6.45, 7) is 18.6. The number of urea groups is 1. The summed E-state index contributed by atoms with van der Waals surface area (Å²) in [4.78, 5) is 73.9. The highest BCUT2D eigenvalue weighted by Crippen LogP contribution is 2.50. The zero-order valence-electron chi connectivity index (χ0n) is 67.6. The van der Waals surface area contributed by atoms with Gasteiger partial charge in [0.25, 0.3) is 0 Å². The van der Waals surface area contributed by atoms with Gasteiger partial charge in [-0.1, -0.05) is 80.0 Å². The van der Waals surface area contributed by atoms with Gasteiger partial charge in [-0.25, -0.2) is 29.1 Å². The van der Waals surface area contributed by atoms with Crippen molar-refractivity contribution in [2.45, 2.75) is 84.2 Å². The Morgan fingerprint density at radius 1 is 0.675 bits per heavy atom. The van der Waals surface area contributed by atoms with Crippen LogP contribution >= 0.6 is 22.9 Å². The molecule has 0 unspecified atom stereocenters. The highest BCUT2D eigenvalue weighted by molar-refractivity contribution is 7.22. The Morgan fingerprint density at radius 2 is 1.30 bits per heavy atom. The molecule has 1 saturated heterocycles. The molecule has 8 aromatic rings. The number of aryl methyl sites for hydroxylation is 1. The molecule has 32 heteroatoms. The number of anilines is 1. The molecule has 0 radical (unpaired) electrons. The number of fused-ring (bicyclic) bond motifs is 1. The molecule has 1 aliphatic rings. The predicted molar refractivity (Wildman–Crippen MR) is 441 cm³/mol. The zero-order valence-corrected chi connectivity index (χ0v) is 69.2. The largest absolute Gasteiger partial charge is 0.546 e. The summed E-state index contributed by atoms with van der Waals surface area (Å²) in [5, 5.41) is 22.4. The van der Waals surface area contributed by atoms with Gasteiger partial charge in [0.05, 0.1) is 167 Å². The molecule has 1 aliphatic heterocycles. The van der Waals surface area contributed by atoms with Crippen molar-refractivity contribution in [1.29, 1.82) is 0 Å². The molecule has 4 heterocycles.